The number of aliphatic hydroxyl groups excluding tert-OH is 1. The fraction of sp³-hybridized carbons (Fsp3) is 0.350. The topological polar surface area (TPSA) is 57.6 Å². The number of benzene rings is 2. The van der Waals surface area contributed by atoms with E-state index in [1.165, 1.54) is 0 Å². The zero-order chi connectivity index (χ0) is 17.9. The number of nitrogens with zero attached hydrogens (tertiary/aromatic N) is 2. The molecule has 0 bridgehead atoms. The van der Waals surface area contributed by atoms with Gasteiger partial charge in [-0.05, 0) is 19.1 Å². The first-order valence-electron chi connectivity index (χ1n) is 8.94. The van der Waals surface area contributed by atoms with E-state index in [0.717, 1.165) is 46.2 Å². The van der Waals surface area contributed by atoms with Gasteiger partial charge in [0.15, 0.2) is 6.23 Å². The fourth-order valence-corrected chi connectivity index (χ4v) is 4.19. The highest BCUT2D eigenvalue weighted by atomic mass is 32.1. The van der Waals surface area contributed by atoms with Gasteiger partial charge in [-0.2, -0.15) is 0 Å². The van der Waals surface area contributed by atoms with Crippen LogP contribution in [-0.2, 0) is 0 Å². The van der Waals surface area contributed by atoms with Crippen LogP contribution in [0.3, 0.4) is 0 Å². The molecule has 2 heterocycles. The van der Waals surface area contributed by atoms with Gasteiger partial charge >= 0.3 is 0 Å². The quantitative estimate of drug-likeness (QED) is 0.724. The summed E-state index contributed by atoms with van der Waals surface area (Å²) in [6, 6.07) is 16.3. The van der Waals surface area contributed by atoms with Gasteiger partial charge in [-0.1, -0.05) is 30.3 Å². The molecule has 0 amide bonds. The van der Waals surface area contributed by atoms with Crippen molar-refractivity contribution in [2.45, 2.75) is 19.3 Å². The normalized spacial score (nSPS) is 19.5. The summed E-state index contributed by atoms with van der Waals surface area (Å²) in [6.07, 6.45) is -0.399. The Morgan fingerprint density at radius 1 is 1.31 bits per heavy atom. The fourth-order valence-electron chi connectivity index (χ4n) is 3.24. The average molecular weight is 369 g/mol. The van der Waals surface area contributed by atoms with Crippen LogP contribution in [-0.4, -0.2) is 53.5 Å². The summed E-state index contributed by atoms with van der Waals surface area (Å²) in [7, 11) is 0. The number of aromatic nitrogens is 1. The molecule has 26 heavy (non-hydrogen) atoms. The number of β-amino-alcohol motifs (C(OH)–C–C–N with tert-alkyl or cyclic N) is 1. The van der Waals surface area contributed by atoms with Gasteiger partial charge in [0.25, 0.3) is 0 Å². The number of hydrogen-bond donors (Lipinski definition) is 2. The molecule has 1 fully saturated rings. The Kier molecular flexibility index (Phi) is 5.17. The van der Waals surface area contributed by atoms with Crippen molar-refractivity contribution >= 4 is 21.6 Å². The molecule has 136 valence electrons. The Hall–Kier alpha value is -1.99. The summed E-state index contributed by atoms with van der Waals surface area (Å²) in [5.41, 5.74) is 2.10. The standard InChI is InChI=1S/C20H23N3O2S/c1-14(24)12-23-10-9-21-19(13-23)25-16-7-8-18-17(11-16)22-20(26-18)15-5-3-2-4-6-15/h2-8,11,14,19,21,24H,9-10,12-13H2,1H3. The second-order valence-corrected chi connectivity index (χ2v) is 7.71. The molecule has 0 spiro atoms. The van der Waals surface area contributed by atoms with Gasteiger partial charge in [0.1, 0.15) is 10.8 Å². The van der Waals surface area contributed by atoms with Crippen LogP contribution < -0.4 is 10.1 Å². The van der Waals surface area contributed by atoms with Crippen molar-refractivity contribution in [3.63, 3.8) is 0 Å². The molecule has 2 atom stereocenters. The number of nitrogens with one attached hydrogen (secondary N) is 1. The minimum atomic E-state index is -0.323. The maximum atomic E-state index is 9.59. The van der Waals surface area contributed by atoms with E-state index in [9.17, 15) is 5.11 Å². The average Bonchev–Trinajstić information content (AvgIpc) is 3.06. The molecule has 0 radical (unpaired) electrons. The summed E-state index contributed by atoms with van der Waals surface area (Å²) in [5, 5.41) is 14.0. The molecule has 2 aromatic carbocycles. The van der Waals surface area contributed by atoms with Crippen LogP contribution in [0.15, 0.2) is 48.5 Å². The van der Waals surface area contributed by atoms with Gasteiger partial charge in [0.2, 0.25) is 0 Å². The largest absolute Gasteiger partial charge is 0.474 e. The molecular weight excluding hydrogens is 346 g/mol. The van der Waals surface area contributed by atoms with Crippen molar-refractivity contribution in [2.75, 3.05) is 26.2 Å². The van der Waals surface area contributed by atoms with Gasteiger partial charge in [0.05, 0.1) is 16.3 Å². The molecule has 0 saturated carbocycles. The predicted molar refractivity (Wildman–Crippen MR) is 106 cm³/mol. The molecule has 2 unspecified atom stereocenters. The van der Waals surface area contributed by atoms with Crippen LogP contribution >= 0.6 is 11.3 Å². The molecule has 3 aromatic rings. The zero-order valence-electron chi connectivity index (χ0n) is 14.8. The maximum absolute atomic E-state index is 9.59. The van der Waals surface area contributed by atoms with E-state index in [0.29, 0.717) is 6.54 Å². The highest BCUT2D eigenvalue weighted by Crippen LogP contribution is 2.32. The molecule has 2 N–H and O–H groups in total. The number of thiazole rings is 1. The number of fused-ring (bicyclic) bond motifs is 1. The molecule has 1 saturated heterocycles. The Morgan fingerprint density at radius 2 is 2.15 bits per heavy atom. The minimum absolute atomic E-state index is 0.0767. The second kappa shape index (κ2) is 7.72. The predicted octanol–water partition coefficient (Wildman–Crippen LogP) is 2.95. The molecular formula is C20H23N3O2S. The number of ether oxygens (including phenoxy) is 1. The highest BCUT2D eigenvalue weighted by molar-refractivity contribution is 7.21. The number of rotatable bonds is 5. The van der Waals surface area contributed by atoms with E-state index in [-0.39, 0.29) is 12.3 Å². The monoisotopic (exact) mass is 369 g/mol. The Labute approximate surface area is 157 Å². The lowest BCUT2D eigenvalue weighted by Crippen LogP contribution is -2.54. The van der Waals surface area contributed by atoms with E-state index in [1.54, 1.807) is 11.3 Å². The zero-order valence-corrected chi connectivity index (χ0v) is 15.6. The Bertz CT molecular complexity index is 866. The first kappa shape index (κ1) is 17.4. The Balaban J connectivity index is 1.49. The van der Waals surface area contributed by atoms with E-state index in [1.807, 2.05) is 37.3 Å². The third kappa shape index (κ3) is 4.04. The van der Waals surface area contributed by atoms with Gasteiger partial charge in [0, 0.05) is 37.8 Å². The third-order valence-corrected chi connectivity index (χ3v) is 5.49. The molecule has 5 nitrogen and oxygen atoms in total. The first-order valence-corrected chi connectivity index (χ1v) is 9.75. The van der Waals surface area contributed by atoms with Gasteiger partial charge < -0.3 is 9.84 Å². The molecule has 0 aliphatic carbocycles. The lowest BCUT2D eigenvalue weighted by Gasteiger charge is -2.34. The molecule has 4 rings (SSSR count). The SMILES string of the molecule is CC(O)CN1CCNC(Oc2ccc3sc(-c4ccccc4)nc3c2)C1. The summed E-state index contributed by atoms with van der Waals surface area (Å²) in [6.45, 7) is 5.03. The van der Waals surface area contributed by atoms with Gasteiger partial charge in [-0.3, -0.25) is 10.2 Å². The molecule has 6 heteroatoms. The number of piperazine rings is 1. The van der Waals surface area contributed by atoms with Crippen LogP contribution in [0.5, 0.6) is 5.75 Å². The van der Waals surface area contributed by atoms with Crippen molar-refractivity contribution in [1.82, 2.24) is 15.2 Å². The lowest BCUT2D eigenvalue weighted by atomic mass is 10.2. The summed E-state index contributed by atoms with van der Waals surface area (Å²) in [5.74, 6) is 0.818. The van der Waals surface area contributed by atoms with E-state index >= 15 is 0 Å². The molecule has 1 aromatic heterocycles. The van der Waals surface area contributed by atoms with Crippen molar-refractivity contribution in [3.8, 4) is 16.3 Å². The summed E-state index contributed by atoms with van der Waals surface area (Å²) in [4.78, 5) is 6.99. The summed E-state index contributed by atoms with van der Waals surface area (Å²) >= 11 is 1.69. The second-order valence-electron chi connectivity index (χ2n) is 6.68. The summed E-state index contributed by atoms with van der Waals surface area (Å²) < 4.78 is 7.28. The van der Waals surface area contributed by atoms with Crippen molar-refractivity contribution in [1.29, 1.82) is 0 Å². The van der Waals surface area contributed by atoms with Crippen molar-refractivity contribution < 1.29 is 9.84 Å². The van der Waals surface area contributed by atoms with Crippen molar-refractivity contribution in [3.05, 3.63) is 48.5 Å². The van der Waals surface area contributed by atoms with E-state index in [4.69, 9.17) is 9.72 Å². The van der Waals surface area contributed by atoms with E-state index < -0.39 is 0 Å². The molecule has 1 aliphatic heterocycles. The Morgan fingerprint density at radius 3 is 2.96 bits per heavy atom. The van der Waals surface area contributed by atoms with Crippen molar-refractivity contribution in [2.24, 2.45) is 0 Å². The highest BCUT2D eigenvalue weighted by Gasteiger charge is 2.21. The third-order valence-electron chi connectivity index (χ3n) is 4.40. The van der Waals surface area contributed by atoms with Crippen LogP contribution in [0.25, 0.3) is 20.8 Å². The van der Waals surface area contributed by atoms with Crippen LogP contribution in [0.2, 0.25) is 0 Å². The van der Waals surface area contributed by atoms with Gasteiger partial charge in [-0.25, -0.2) is 4.98 Å². The van der Waals surface area contributed by atoms with E-state index in [2.05, 4.69) is 28.4 Å². The minimum Gasteiger partial charge on any atom is -0.474 e. The lowest BCUT2D eigenvalue weighted by molar-refractivity contribution is 0.0463. The first-order chi connectivity index (χ1) is 12.7. The number of hydrogen-bond acceptors (Lipinski definition) is 6. The van der Waals surface area contributed by atoms with Crippen LogP contribution in [0.4, 0.5) is 0 Å². The smallest absolute Gasteiger partial charge is 0.163 e. The molecule has 1 aliphatic rings. The van der Waals surface area contributed by atoms with Gasteiger partial charge in [-0.15, -0.1) is 11.3 Å². The van der Waals surface area contributed by atoms with Crippen LogP contribution in [0.1, 0.15) is 6.92 Å². The number of aliphatic hydroxyl groups is 1. The maximum Gasteiger partial charge on any atom is 0.163 e. The van der Waals surface area contributed by atoms with Crippen LogP contribution in [0, 0.1) is 0 Å².